The zero-order valence-corrected chi connectivity index (χ0v) is 20.4. The van der Waals surface area contributed by atoms with Crippen molar-refractivity contribution in [3.63, 3.8) is 0 Å². The molecule has 0 fully saturated rings. The zero-order chi connectivity index (χ0) is 27.0. The maximum Gasteiger partial charge on any atom is 0.352 e. The van der Waals surface area contributed by atoms with E-state index in [2.05, 4.69) is 20.7 Å². The van der Waals surface area contributed by atoms with Crippen molar-refractivity contribution in [3.8, 4) is 23.0 Å². The molecule has 1 unspecified atom stereocenters. The number of ether oxygens (including phenoxy) is 4. The first-order valence-electron chi connectivity index (χ1n) is 10.3. The molecule has 6 nitrogen and oxygen atoms in total. The van der Waals surface area contributed by atoms with E-state index in [1.54, 1.807) is 18.2 Å². The molecular weight excluding hydrogens is 571 g/mol. The normalized spacial score (nSPS) is 14.3. The number of benzene rings is 3. The molecule has 0 radical (unpaired) electrons. The van der Waals surface area contributed by atoms with E-state index in [0.29, 0.717) is 11.3 Å². The lowest BCUT2D eigenvalue weighted by atomic mass is 10.1. The van der Waals surface area contributed by atoms with Crippen LogP contribution in [0.15, 0.2) is 46.6 Å². The van der Waals surface area contributed by atoms with Crippen LogP contribution in [0.2, 0.25) is 0 Å². The monoisotopic (exact) mass is 584 g/mol. The number of methoxy groups -OCH3 is 1. The SMILES string of the molecule is COc1ccc(Br)cc1/C=C1\Oc2cc(OC(=O)C(C)Oc3c(F)c(F)c(F)c(F)c3F)ccc2C1=O. The number of allylic oxidation sites excluding steroid dienone is 1. The van der Waals surface area contributed by atoms with Gasteiger partial charge in [0.25, 0.3) is 0 Å². The predicted octanol–water partition coefficient (Wildman–Crippen LogP) is 6.14. The molecule has 3 aromatic rings. The van der Waals surface area contributed by atoms with E-state index < -0.39 is 52.7 Å². The molecule has 0 spiro atoms. The first-order valence-corrected chi connectivity index (χ1v) is 11.1. The lowest BCUT2D eigenvalue weighted by Gasteiger charge is -2.15. The third-order valence-corrected chi connectivity index (χ3v) is 5.63. The summed E-state index contributed by atoms with van der Waals surface area (Å²) in [7, 11) is 1.47. The first kappa shape index (κ1) is 26.1. The van der Waals surface area contributed by atoms with Gasteiger partial charge in [-0.3, -0.25) is 4.79 Å². The molecule has 1 aliphatic rings. The minimum atomic E-state index is -2.36. The van der Waals surface area contributed by atoms with Crippen LogP contribution in [-0.2, 0) is 4.79 Å². The number of hydrogen-bond acceptors (Lipinski definition) is 6. The predicted molar refractivity (Wildman–Crippen MR) is 122 cm³/mol. The van der Waals surface area contributed by atoms with Crippen molar-refractivity contribution in [2.24, 2.45) is 0 Å². The average Bonchev–Trinajstić information content (AvgIpc) is 3.18. The highest BCUT2D eigenvalue weighted by molar-refractivity contribution is 9.10. The van der Waals surface area contributed by atoms with E-state index >= 15 is 0 Å². The van der Waals surface area contributed by atoms with E-state index in [-0.39, 0.29) is 22.8 Å². The Labute approximate surface area is 214 Å². The Bertz CT molecular complexity index is 1440. The zero-order valence-electron chi connectivity index (χ0n) is 18.8. The maximum atomic E-state index is 13.8. The van der Waals surface area contributed by atoms with E-state index in [1.165, 1.54) is 31.4 Å². The fourth-order valence-electron chi connectivity index (χ4n) is 3.30. The molecule has 0 saturated carbocycles. The highest BCUT2D eigenvalue weighted by atomic mass is 79.9. The average molecular weight is 585 g/mol. The summed E-state index contributed by atoms with van der Waals surface area (Å²) in [5, 5.41) is 0. The first-order chi connectivity index (χ1) is 17.5. The molecule has 12 heteroatoms. The lowest BCUT2D eigenvalue weighted by molar-refractivity contribution is -0.141. The van der Waals surface area contributed by atoms with E-state index in [9.17, 15) is 31.5 Å². The number of Topliss-reactive ketones (excluding diaryl/α,β-unsaturated/α-hetero) is 1. The van der Waals surface area contributed by atoms with Crippen molar-refractivity contribution in [3.05, 3.63) is 86.8 Å². The van der Waals surface area contributed by atoms with Gasteiger partial charge in [-0.25, -0.2) is 18.0 Å². The highest BCUT2D eigenvalue weighted by Gasteiger charge is 2.31. The second-order valence-electron chi connectivity index (χ2n) is 7.56. The minimum Gasteiger partial charge on any atom is -0.496 e. The largest absolute Gasteiger partial charge is 0.496 e. The summed E-state index contributed by atoms with van der Waals surface area (Å²) in [6, 6.07) is 8.96. The van der Waals surface area contributed by atoms with Crippen molar-refractivity contribution in [1.29, 1.82) is 0 Å². The summed E-state index contributed by atoms with van der Waals surface area (Å²) >= 11 is 3.34. The lowest BCUT2D eigenvalue weighted by Crippen LogP contribution is -2.29. The summed E-state index contributed by atoms with van der Waals surface area (Å²) < 4.78 is 89.0. The number of esters is 1. The van der Waals surface area contributed by atoms with E-state index in [0.717, 1.165) is 11.4 Å². The molecule has 4 rings (SSSR count). The van der Waals surface area contributed by atoms with Crippen LogP contribution in [0.1, 0.15) is 22.8 Å². The van der Waals surface area contributed by atoms with Crippen LogP contribution in [0.5, 0.6) is 23.0 Å². The fourth-order valence-corrected chi connectivity index (χ4v) is 3.68. The van der Waals surface area contributed by atoms with Gasteiger partial charge in [-0.2, -0.15) is 8.78 Å². The number of fused-ring (bicyclic) bond motifs is 1. The molecule has 0 N–H and O–H groups in total. The Balaban J connectivity index is 1.51. The fraction of sp³-hybridized carbons (Fsp3) is 0.120. The molecule has 0 amide bonds. The van der Waals surface area contributed by atoms with Gasteiger partial charge in [0.05, 0.1) is 12.7 Å². The van der Waals surface area contributed by atoms with Crippen molar-refractivity contribution in [1.82, 2.24) is 0 Å². The number of halogens is 6. The highest BCUT2D eigenvalue weighted by Crippen LogP contribution is 2.36. The van der Waals surface area contributed by atoms with Crippen LogP contribution in [0, 0.1) is 29.1 Å². The van der Waals surface area contributed by atoms with Crippen LogP contribution in [0.3, 0.4) is 0 Å². The second kappa shape index (κ2) is 10.2. The quantitative estimate of drug-likeness (QED) is 0.0865. The van der Waals surface area contributed by atoms with Crippen LogP contribution >= 0.6 is 15.9 Å². The molecule has 37 heavy (non-hydrogen) atoms. The molecular formula is C25H14BrF5O6. The van der Waals surface area contributed by atoms with Gasteiger partial charge >= 0.3 is 5.97 Å². The second-order valence-corrected chi connectivity index (χ2v) is 8.48. The Morgan fingerprint density at radius 2 is 1.62 bits per heavy atom. The Morgan fingerprint density at radius 1 is 0.973 bits per heavy atom. The van der Waals surface area contributed by atoms with Gasteiger partial charge in [-0.05, 0) is 43.3 Å². The summed E-state index contributed by atoms with van der Waals surface area (Å²) in [5.74, 6) is -14.2. The van der Waals surface area contributed by atoms with Crippen LogP contribution in [-0.4, -0.2) is 25.0 Å². The maximum absolute atomic E-state index is 13.8. The van der Waals surface area contributed by atoms with Crippen molar-refractivity contribution < 1.29 is 50.5 Å². The topological polar surface area (TPSA) is 71.1 Å². The third-order valence-electron chi connectivity index (χ3n) is 5.13. The Morgan fingerprint density at radius 3 is 2.27 bits per heavy atom. The molecule has 0 aromatic heterocycles. The minimum absolute atomic E-state index is 0.0297. The molecule has 192 valence electrons. The molecule has 3 aromatic carbocycles. The molecule has 1 atom stereocenters. The number of rotatable bonds is 6. The third kappa shape index (κ3) is 5.01. The Kier molecular flexibility index (Phi) is 7.21. The summed E-state index contributed by atoms with van der Waals surface area (Å²) in [4.78, 5) is 25.1. The number of carbonyl (C=O) groups excluding carboxylic acids is 2. The molecule has 0 aliphatic carbocycles. The van der Waals surface area contributed by atoms with Gasteiger partial charge in [-0.15, -0.1) is 0 Å². The van der Waals surface area contributed by atoms with Gasteiger partial charge in [0.15, 0.2) is 17.6 Å². The van der Waals surface area contributed by atoms with Crippen molar-refractivity contribution in [2.45, 2.75) is 13.0 Å². The van der Waals surface area contributed by atoms with Gasteiger partial charge in [0, 0.05) is 16.1 Å². The van der Waals surface area contributed by atoms with Gasteiger partial charge in [-0.1, -0.05) is 15.9 Å². The molecule has 1 aliphatic heterocycles. The van der Waals surface area contributed by atoms with E-state index in [1.807, 2.05) is 0 Å². The van der Waals surface area contributed by atoms with Gasteiger partial charge in [0.1, 0.15) is 17.2 Å². The standard InChI is InChI=1S/C25H14BrF5O6/c1-10(35-24-21(30)19(28)18(27)20(29)22(24)31)25(33)36-13-4-5-14-16(9-13)37-17(23(14)32)8-11-7-12(26)3-6-15(11)34-2/h3-10H,1-2H3/b17-8-. The van der Waals surface area contributed by atoms with Crippen molar-refractivity contribution >= 4 is 33.8 Å². The van der Waals surface area contributed by atoms with Crippen LogP contribution in [0.25, 0.3) is 6.08 Å². The number of ketones is 1. The number of carbonyl (C=O) groups is 2. The Hall–Kier alpha value is -3.93. The number of hydrogen-bond donors (Lipinski definition) is 0. The van der Waals surface area contributed by atoms with E-state index in [4.69, 9.17) is 14.2 Å². The van der Waals surface area contributed by atoms with Gasteiger partial charge in [0.2, 0.25) is 34.9 Å². The summed E-state index contributed by atoms with van der Waals surface area (Å²) in [6.45, 7) is 0.986. The smallest absolute Gasteiger partial charge is 0.352 e. The van der Waals surface area contributed by atoms with Crippen LogP contribution < -0.4 is 18.9 Å². The molecule has 0 saturated heterocycles. The summed E-state index contributed by atoms with van der Waals surface area (Å²) in [6.07, 6.45) is -0.305. The van der Waals surface area contributed by atoms with Crippen LogP contribution in [0.4, 0.5) is 22.0 Å². The molecule has 1 heterocycles. The molecule has 0 bridgehead atoms. The van der Waals surface area contributed by atoms with Gasteiger partial charge < -0.3 is 18.9 Å². The van der Waals surface area contributed by atoms with Crippen molar-refractivity contribution in [2.75, 3.05) is 7.11 Å². The summed E-state index contributed by atoms with van der Waals surface area (Å²) in [5.41, 5.74) is 0.726.